The van der Waals surface area contributed by atoms with Crippen LogP contribution in [0.3, 0.4) is 0 Å². The SMILES string of the molecule is CCCC(C(C)O)C(O)CC. The Hall–Kier alpha value is -0.0800. The van der Waals surface area contributed by atoms with Crippen molar-refractivity contribution in [1.82, 2.24) is 0 Å². The van der Waals surface area contributed by atoms with Crippen molar-refractivity contribution in [1.29, 1.82) is 0 Å². The third-order valence-electron chi connectivity index (χ3n) is 2.15. The quantitative estimate of drug-likeness (QED) is 0.640. The largest absolute Gasteiger partial charge is 0.393 e. The molecule has 0 fully saturated rings. The fourth-order valence-corrected chi connectivity index (χ4v) is 1.39. The van der Waals surface area contributed by atoms with Crippen LogP contribution in [0.15, 0.2) is 0 Å². The first-order chi connectivity index (χ1) is 5.13. The molecule has 0 rings (SSSR count). The summed E-state index contributed by atoms with van der Waals surface area (Å²) in [6.45, 7) is 5.76. The minimum Gasteiger partial charge on any atom is -0.393 e. The van der Waals surface area contributed by atoms with Gasteiger partial charge in [-0.1, -0.05) is 20.3 Å². The van der Waals surface area contributed by atoms with E-state index in [1.807, 2.05) is 6.92 Å². The van der Waals surface area contributed by atoms with Crippen molar-refractivity contribution in [3.05, 3.63) is 0 Å². The van der Waals surface area contributed by atoms with E-state index >= 15 is 0 Å². The fourth-order valence-electron chi connectivity index (χ4n) is 1.39. The van der Waals surface area contributed by atoms with Crippen LogP contribution in [-0.4, -0.2) is 22.4 Å². The molecule has 0 aromatic carbocycles. The van der Waals surface area contributed by atoms with Gasteiger partial charge in [0.1, 0.15) is 0 Å². The molecule has 2 N–H and O–H groups in total. The molecule has 0 amide bonds. The predicted octanol–water partition coefficient (Wildman–Crippen LogP) is 1.55. The van der Waals surface area contributed by atoms with E-state index in [2.05, 4.69) is 6.92 Å². The summed E-state index contributed by atoms with van der Waals surface area (Å²) in [5.74, 6) is 0.0602. The van der Waals surface area contributed by atoms with Crippen LogP contribution in [-0.2, 0) is 0 Å². The van der Waals surface area contributed by atoms with Crippen LogP contribution in [0.1, 0.15) is 40.0 Å². The van der Waals surface area contributed by atoms with Gasteiger partial charge in [0, 0.05) is 5.92 Å². The fraction of sp³-hybridized carbons (Fsp3) is 1.00. The standard InChI is InChI=1S/C9H20O2/c1-4-6-8(7(3)10)9(11)5-2/h7-11H,4-6H2,1-3H3. The first-order valence-corrected chi connectivity index (χ1v) is 4.49. The zero-order valence-corrected chi connectivity index (χ0v) is 7.75. The van der Waals surface area contributed by atoms with Gasteiger partial charge in [0.2, 0.25) is 0 Å². The van der Waals surface area contributed by atoms with E-state index in [4.69, 9.17) is 0 Å². The van der Waals surface area contributed by atoms with Crippen molar-refractivity contribution in [2.45, 2.75) is 52.2 Å². The Morgan fingerprint density at radius 1 is 1.18 bits per heavy atom. The molecule has 0 heterocycles. The molecule has 0 radical (unpaired) electrons. The van der Waals surface area contributed by atoms with E-state index in [0.29, 0.717) is 0 Å². The van der Waals surface area contributed by atoms with Crippen molar-refractivity contribution in [3.63, 3.8) is 0 Å². The smallest absolute Gasteiger partial charge is 0.0590 e. The van der Waals surface area contributed by atoms with Gasteiger partial charge in [0.25, 0.3) is 0 Å². The Kier molecular flexibility index (Phi) is 5.51. The van der Waals surface area contributed by atoms with E-state index in [-0.39, 0.29) is 18.1 Å². The maximum atomic E-state index is 9.46. The molecule has 68 valence electrons. The highest BCUT2D eigenvalue weighted by molar-refractivity contribution is 4.71. The van der Waals surface area contributed by atoms with Crippen molar-refractivity contribution in [2.75, 3.05) is 0 Å². The third kappa shape index (κ3) is 3.73. The van der Waals surface area contributed by atoms with Crippen molar-refractivity contribution >= 4 is 0 Å². The zero-order chi connectivity index (χ0) is 8.85. The van der Waals surface area contributed by atoms with Gasteiger partial charge in [-0.2, -0.15) is 0 Å². The van der Waals surface area contributed by atoms with Crippen LogP contribution in [0.2, 0.25) is 0 Å². The average molecular weight is 160 g/mol. The van der Waals surface area contributed by atoms with E-state index in [0.717, 1.165) is 19.3 Å². The maximum absolute atomic E-state index is 9.46. The Morgan fingerprint density at radius 3 is 2.00 bits per heavy atom. The molecule has 2 heteroatoms. The normalized spacial score (nSPS) is 19.4. The van der Waals surface area contributed by atoms with Gasteiger partial charge in [0.15, 0.2) is 0 Å². The molecular weight excluding hydrogens is 140 g/mol. The Balaban J connectivity index is 3.87. The molecule has 0 saturated carbocycles. The number of hydrogen-bond donors (Lipinski definition) is 2. The predicted molar refractivity (Wildman–Crippen MR) is 46.4 cm³/mol. The molecule has 0 saturated heterocycles. The second-order valence-corrected chi connectivity index (χ2v) is 3.17. The van der Waals surface area contributed by atoms with E-state index < -0.39 is 0 Å². The maximum Gasteiger partial charge on any atom is 0.0590 e. The molecule has 2 nitrogen and oxygen atoms in total. The summed E-state index contributed by atoms with van der Waals surface area (Å²) in [5, 5.41) is 18.7. The summed E-state index contributed by atoms with van der Waals surface area (Å²) in [6.07, 6.45) is 1.94. The van der Waals surface area contributed by atoms with Gasteiger partial charge in [-0.25, -0.2) is 0 Å². The Morgan fingerprint density at radius 2 is 1.73 bits per heavy atom. The summed E-state index contributed by atoms with van der Waals surface area (Å²) in [6, 6.07) is 0. The Bertz CT molecular complexity index is 91.6. The van der Waals surface area contributed by atoms with Gasteiger partial charge in [0.05, 0.1) is 12.2 Å². The minimum atomic E-state index is -0.384. The van der Waals surface area contributed by atoms with Gasteiger partial charge < -0.3 is 10.2 Å². The highest BCUT2D eigenvalue weighted by atomic mass is 16.3. The molecule has 0 spiro atoms. The lowest BCUT2D eigenvalue weighted by atomic mass is 9.91. The molecule has 0 aliphatic carbocycles. The molecule has 0 aliphatic rings. The number of hydrogen-bond acceptors (Lipinski definition) is 2. The molecule has 0 aromatic heterocycles. The third-order valence-corrected chi connectivity index (χ3v) is 2.15. The lowest BCUT2D eigenvalue weighted by Gasteiger charge is -2.23. The van der Waals surface area contributed by atoms with Crippen LogP contribution in [0, 0.1) is 5.92 Å². The summed E-state index contributed by atoms with van der Waals surface area (Å²) in [7, 11) is 0. The van der Waals surface area contributed by atoms with Crippen LogP contribution in [0.25, 0.3) is 0 Å². The van der Waals surface area contributed by atoms with Crippen molar-refractivity contribution in [2.24, 2.45) is 5.92 Å². The highest BCUT2D eigenvalue weighted by Crippen LogP contribution is 2.17. The molecule has 0 aliphatic heterocycles. The average Bonchev–Trinajstić information content (AvgIpc) is 1.98. The lowest BCUT2D eigenvalue weighted by Crippen LogP contribution is -2.29. The van der Waals surface area contributed by atoms with Crippen LogP contribution in [0.5, 0.6) is 0 Å². The second-order valence-electron chi connectivity index (χ2n) is 3.17. The first-order valence-electron chi connectivity index (χ1n) is 4.49. The van der Waals surface area contributed by atoms with Crippen molar-refractivity contribution < 1.29 is 10.2 Å². The molecule has 3 unspecified atom stereocenters. The monoisotopic (exact) mass is 160 g/mol. The minimum absolute atomic E-state index is 0.0602. The highest BCUT2D eigenvalue weighted by Gasteiger charge is 2.21. The first kappa shape index (κ1) is 10.9. The summed E-state index contributed by atoms with van der Waals surface area (Å²) in [5.41, 5.74) is 0. The van der Waals surface area contributed by atoms with E-state index in [1.165, 1.54) is 0 Å². The van der Waals surface area contributed by atoms with Gasteiger partial charge >= 0.3 is 0 Å². The van der Waals surface area contributed by atoms with Crippen LogP contribution in [0.4, 0.5) is 0 Å². The second kappa shape index (κ2) is 5.56. The van der Waals surface area contributed by atoms with Gasteiger partial charge in [-0.3, -0.25) is 0 Å². The summed E-state index contributed by atoms with van der Waals surface area (Å²) >= 11 is 0. The van der Waals surface area contributed by atoms with Gasteiger partial charge in [-0.15, -0.1) is 0 Å². The van der Waals surface area contributed by atoms with Crippen LogP contribution >= 0.6 is 0 Å². The number of aliphatic hydroxyl groups excluding tert-OH is 2. The van der Waals surface area contributed by atoms with Crippen molar-refractivity contribution in [3.8, 4) is 0 Å². The number of rotatable bonds is 5. The Labute approximate surface area is 69.2 Å². The molecule has 3 atom stereocenters. The molecular formula is C9H20O2. The molecule has 0 aromatic rings. The van der Waals surface area contributed by atoms with Gasteiger partial charge in [-0.05, 0) is 19.8 Å². The summed E-state index contributed by atoms with van der Waals surface area (Å²) in [4.78, 5) is 0. The topological polar surface area (TPSA) is 40.5 Å². The van der Waals surface area contributed by atoms with E-state index in [9.17, 15) is 10.2 Å². The molecule has 11 heavy (non-hydrogen) atoms. The van der Waals surface area contributed by atoms with Crippen LogP contribution < -0.4 is 0 Å². The zero-order valence-electron chi connectivity index (χ0n) is 7.75. The van der Waals surface area contributed by atoms with E-state index in [1.54, 1.807) is 6.92 Å². The number of aliphatic hydroxyl groups is 2. The molecule has 0 bridgehead atoms. The summed E-state index contributed by atoms with van der Waals surface area (Å²) < 4.78 is 0. The lowest BCUT2D eigenvalue weighted by molar-refractivity contribution is 0.0151.